The molecular formula is C22H29N3O5S. The van der Waals surface area contributed by atoms with Crippen LogP contribution in [0.4, 0.5) is 11.4 Å². The van der Waals surface area contributed by atoms with Crippen LogP contribution in [0, 0.1) is 0 Å². The molecular weight excluding hydrogens is 418 g/mol. The van der Waals surface area contributed by atoms with Crippen LogP contribution in [0.25, 0.3) is 0 Å². The Bertz CT molecular complexity index is 1020. The van der Waals surface area contributed by atoms with E-state index in [4.69, 9.17) is 9.47 Å². The first-order valence-electron chi connectivity index (χ1n) is 10.2. The first kappa shape index (κ1) is 22.9. The molecule has 2 N–H and O–H groups in total. The van der Waals surface area contributed by atoms with Gasteiger partial charge in [-0.1, -0.05) is 12.1 Å². The Morgan fingerprint density at radius 2 is 1.81 bits per heavy atom. The molecule has 1 aliphatic rings. The molecule has 0 atom stereocenters. The molecule has 1 aliphatic carbocycles. The number of nitrogens with one attached hydrogen (secondary N) is 2. The second-order valence-electron chi connectivity index (χ2n) is 7.58. The molecule has 3 rings (SSSR count). The molecule has 0 heterocycles. The molecule has 1 fully saturated rings. The minimum absolute atomic E-state index is 0.00678. The smallest absolute Gasteiger partial charge is 0.246 e. The molecule has 2 aromatic carbocycles. The highest BCUT2D eigenvalue weighted by Crippen LogP contribution is 2.30. The summed E-state index contributed by atoms with van der Waals surface area (Å²) in [6.45, 7) is 0.00678. The van der Waals surface area contributed by atoms with Gasteiger partial charge < -0.3 is 20.1 Å². The van der Waals surface area contributed by atoms with Gasteiger partial charge >= 0.3 is 0 Å². The van der Waals surface area contributed by atoms with E-state index in [1.165, 1.54) is 46.2 Å². The molecule has 0 spiro atoms. The Kier molecular flexibility index (Phi) is 7.40. The summed E-state index contributed by atoms with van der Waals surface area (Å²) in [6, 6.07) is 12.0. The Hall–Kier alpha value is -2.78. The van der Waals surface area contributed by atoms with Gasteiger partial charge in [-0.05, 0) is 56.0 Å². The number of carbonyl (C=O) groups excluding carboxylic acids is 1. The van der Waals surface area contributed by atoms with Gasteiger partial charge in [0.2, 0.25) is 15.9 Å². The van der Waals surface area contributed by atoms with E-state index in [0.717, 1.165) is 28.6 Å². The zero-order valence-electron chi connectivity index (χ0n) is 18.1. The van der Waals surface area contributed by atoms with Crippen molar-refractivity contribution in [1.29, 1.82) is 0 Å². The van der Waals surface area contributed by atoms with Crippen LogP contribution >= 0.6 is 0 Å². The third kappa shape index (κ3) is 5.68. The van der Waals surface area contributed by atoms with Crippen LogP contribution in [0.15, 0.2) is 47.4 Å². The van der Waals surface area contributed by atoms with Crippen molar-refractivity contribution in [2.45, 2.75) is 36.7 Å². The second-order valence-corrected chi connectivity index (χ2v) is 9.70. The van der Waals surface area contributed by atoms with E-state index in [2.05, 4.69) is 10.6 Å². The summed E-state index contributed by atoms with van der Waals surface area (Å²) in [5.41, 5.74) is 1.11. The number of hydrogen-bond donors (Lipinski definition) is 2. The van der Waals surface area contributed by atoms with Gasteiger partial charge in [-0.25, -0.2) is 12.7 Å². The minimum Gasteiger partial charge on any atom is -0.495 e. The lowest BCUT2D eigenvalue weighted by Gasteiger charge is -2.18. The fourth-order valence-corrected chi connectivity index (χ4v) is 4.51. The van der Waals surface area contributed by atoms with Crippen LogP contribution in [0.2, 0.25) is 0 Å². The molecule has 0 aliphatic heterocycles. The van der Waals surface area contributed by atoms with Gasteiger partial charge in [-0.3, -0.25) is 4.79 Å². The van der Waals surface area contributed by atoms with Crippen LogP contribution in [-0.2, 0) is 14.8 Å². The average Bonchev–Trinajstić information content (AvgIpc) is 3.26. The van der Waals surface area contributed by atoms with Gasteiger partial charge in [0, 0.05) is 19.8 Å². The molecule has 0 unspecified atom stereocenters. The largest absolute Gasteiger partial charge is 0.495 e. The zero-order valence-corrected chi connectivity index (χ0v) is 18.9. The van der Waals surface area contributed by atoms with E-state index in [9.17, 15) is 13.2 Å². The zero-order chi connectivity index (χ0) is 22.4. The number of sulfonamides is 1. The summed E-state index contributed by atoms with van der Waals surface area (Å²) in [7, 11) is 0.554. The molecule has 0 bridgehead atoms. The van der Waals surface area contributed by atoms with Crippen molar-refractivity contribution in [1.82, 2.24) is 4.31 Å². The van der Waals surface area contributed by atoms with Crippen molar-refractivity contribution in [3.05, 3.63) is 42.5 Å². The standard InChI is InChI=1S/C22H29N3O5S/c1-25(2)31(27,28)21-14-16(12-13-20(21)29-3)24-22(26)15-23-18-10-6-7-11-19(18)30-17-8-4-5-9-17/h6-7,10-14,17,23H,4-5,8-9,15H2,1-3H3,(H,24,26). The number of nitrogens with zero attached hydrogens (tertiary/aromatic N) is 1. The maximum atomic E-state index is 12.5. The van der Waals surface area contributed by atoms with Gasteiger partial charge in [-0.15, -0.1) is 0 Å². The summed E-state index contributed by atoms with van der Waals surface area (Å²) < 4.78 is 37.4. The predicted molar refractivity (Wildman–Crippen MR) is 120 cm³/mol. The second kappa shape index (κ2) is 10.0. The summed E-state index contributed by atoms with van der Waals surface area (Å²) >= 11 is 0. The molecule has 2 aromatic rings. The van der Waals surface area contributed by atoms with Crippen molar-refractivity contribution in [3.63, 3.8) is 0 Å². The molecule has 31 heavy (non-hydrogen) atoms. The first-order valence-corrected chi connectivity index (χ1v) is 11.6. The molecule has 1 saturated carbocycles. The van der Waals surface area contributed by atoms with E-state index in [1.807, 2.05) is 24.3 Å². The Balaban J connectivity index is 1.67. The molecule has 0 radical (unpaired) electrons. The Labute approximate surface area is 183 Å². The lowest BCUT2D eigenvalue weighted by molar-refractivity contribution is -0.114. The van der Waals surface area contributed by atoms with E-state index < -0.39 is 10.0 Å². The SMILES string of the molecule is COc1ccc(NC(=O)CNc2ccccc2OC2CCCC2)cc1S(=O)(=O)N(C)C. The van der Waals surface area contributed by atoms with Crippen LogP contribution in [0.3, 0.4) is 0 Å². The van der Waals surface area contributed by atoms with Gasteiger partial charge in [-0.2, -0.15) is 0 Å². The molecule has 9 heteroatoms. The maximum absolute atomic E-state index is 12.5. The third-order valence-electron chi connectivity index (χ3n) is 5.13. The minimum atomic E-state index is -3.73. The molecule has 8 nitrogen and oxygen atoms in total. The van der Waals surface area contributed by atoms with E-state index >= 15 is 0 Å². The highest BCUT2D eigenvalue weighted by molar-refractivity contribution is 7.89. The number of carbonyl (C=O) groups is 1. The van der Waals surface area contributed by atoms with Gasteiger partial charge in [0.15, 0.2) is 0 Å². The van der Waals surface area contributed by atoms with Crippen LogP contribution < -0.4 is 20.1 Å². The molecule has 0 aromatic heterocycles. The van der Waals surface area contributed by atoms with Crippen LogP contribution in [-0.4, -0.2) is 52.5 Å². The van der Waals surface area contributed by atoms with Crippen molar-refractivity contribution >= 4 is 27.3 Å². The average molecular weight is 448 g/mol. The fourth-order valence-electron chi connectivity index (χ4n) is 3.43. The normalized spacial score (nSPS) is 14.5. The Morgan fingerprint density at radius 3 is 2.48 bits per heavy atom. The maximum Gasteiger partial charge on any atom is 0.246 e. The quantitative estimate of drug-likeness (QED) is 0.612. The summed E-state index contributed by atoms with van der Waals surface area (Å²) in [5, 5.41) is 5.83. The van der Waals surface area contributed by atoms with Crippen LogP contribution in [0.5, 0.6) is 11.5 Å². The fraction of sp³-hybridized carbons (Fsp3) is 0.409. The number of para-hydroxylation sites is 2. The van der Waals surface area contributed by atoms with Crippen molar-refractivity contribution < 1.29 is 22.7 Å². The first-order chi connectivity index (χ1) is 14.8. The number of methoxy groups -OCH3 is 1. The van der Waals surface area contributed by atoms with Gasteiger partial charge in [0.1, 0.15) is 16.4 Å². The molecule has 1 amide bonds. The van der Waals surface area contributed by atoms with Crippen LogP contribution in [0.1, 0.15) is 25.7 Å². The summed E-state index contributed by atoms with van der Waals surface area (Å²) in [5.74, 6) is 0.628. The highest BCUT2D eigenvalue weighted by atomic mass is 32.2. The monoisotopic (exact) mass is 447 g/mol. The topological polar surface area (TPSA) is 97.0 Å². The highest BCUT2D eigenvalue weighted by Gasteiger charge is 2.23. The number of amides is 1. The Morgan fingerprint density at radius 1 is 1.10 bits per heavy atom. The van der Waals surface area contributed by atoms with E-state index in [1.54, 1.807) is 6.07 Å². The van der Waals surface area contributed by atoms with Gasteiger partial charge in [0.05, 0.1) is 25.4 Å². The van der Waals surface area contributed by atoms with Crippen molar-refractivity contribution in [2.24, 2.45) is 0 Å². The van der Waals surface area contributed by atoms with Crippen molar-refractivity contribution in [3.8, 4) is 11.5 Å². The number of hydrogen-bond acceptors (Lipinski definition) is 6. The van der Waals surface area contributed by atoms with Gasteiger partial charge in [0.25, 0.3) is 0 Å². The van der Waals surface area contributed by atoms with Crippen molar-refractivity contribution in [2.75, 3.05) is 38.4 Å². The lowest BCUT2D eigenvalue weighted by Crippen LogP contribution is -2.24. The third-order valence-corrected chi connectivity index (χ3v) is 6.96. The lowest BCUT2D eigenvalue weighted by atomic mass is 10.2. The predicted octanol–water partition coefficient (Wildman–Crippen LogP) is 3.32. The summed E-state index contributed by atoms with van der Waals surface area (Å²) in [4.78, 5) is 12.5. The van der Waals surface area contributed by atoms with E-state index in [0.29, 0.717) is 5.69 Å². The molecule has 168 valence electrons. The number of benzene rings is 2. The number of ether oxygens (including phenoxy) is 2. The number of anilines is 2. The van der Waals surface area contributed by atoms with E-state index in [-0.39, 0.29) is 29.2 Å². The summed E-state index contributed by atoms with van der Waals surface area (Å²) in [6.07, 6.45) is 4.66. The molecule has 0 saturated heterocycles. The number of rotatable bonds is 9.